The van der Waals surface area contributed by atoms with Crippen molar-refractivity contribution < 1.29 is 17.9 Å². The summed E-state index contributed by atoms with van der Waals surface area (Å²) in [5.41, 5.74) is 0.234. The fourth-order valence-electron chi connectivity index (χ4n) is 1.76. The first-order chi connectivity index (χ1) is 9.22. The van der Waals surface area contributed by atoms with Crippen molar-refractivity contribution in [1.82, 2.24) is 4.90 Å². The first-order valence-electron chi connectivity index (χ1n) is 5.88. The van der Waals surface area contributed by atoms with Crippen LogP contribution in [0.15, 0.2) is 21.5 Å². The Bertz CT molecular complexity index is 616. The van der Waals surface area contributed by atoms with Crippen molar-refractivity contribution >= 4 is 31.9 Å². The lowest BCUT2D eigenvalue weighted by molar-refractivity contribution is 0.0794. The Morgan fingerprint density at radius 3 is 2.50 bits per heavy atom. The van der Waals surface area contributed by atoms with Crippen LogP contribution in [0, 0.1) is 0 Å². The average Bonchev–Trinajstić information content (AvgIpc) is 2.36. The van der Waals surface area contributed by atoms with Gasteiger partial charge in [0, 0.05) is 19.2 Å². The molecule has 6 nitrogen and oxygen atoms in total. The minimum absolute atomic E-state index is 0.0854. The number of primary sulfonamides is 1. The van der Waals surface area contributed by atoms with Crippen LogP contribution in [0.1, 0.15) is 23.7 Å². The fourth-order valence-corrected chi connectivity index (χ4v) is 3.25. The maximum absolute atomic E-state index is 12.2. The Kier molecular flexibility index (Phi) is 5.55. The highest BCUT2D eigenvalue weighted by Crippen LogP contribution is 2.33. The molecule has 20 heavy (non-hydrogen) atoms. The maximum atomic E-state index is 12.2. The third-order valence-corrected chi connectivity index (χ3v) is 4.18. The van der Waals surface area contributed by atoms with Gasteiger partial charge in [-0.25, -0.2) is 13.6 Å². The van der Waals surface area contributed by atoms with Gasteiger partial charge in [0.05, 0.1) is 11.6 Å². The number of ether oxygens (including phenoxy) is 1. The predicted octanol–water partition coefficient (Wildman–Crippen LogP) is 1.59. The number of amides is 1. The van der Waals surface area contributed by atoms with Crippen LogP contribution in [0.2, 0.25) is 0 Å². The van der Waals surface area contributed by atoms with Crippen LogP contribution in [0.4, 0.5) is 0 Å². The molecule has 0 bridgehead atoms. The summed E-state index contributed by atoms with van der Waals surface area (Å²) in [4.78, 5) is 13.5. The highest BCUT2D eigenvalue weighted by molar-refractivity contribution is 9.10. The van der Waals surface area contributed by atoms with E-state index in [1.807, 2.05) is 6.92 Å². The molecule has 0 saturated heterocycles. The van der Waals surface area contributed by atoms with Crippen LogP contribution in [0.3, 0.4) is 0 Å². The number of carbonyl (C=O) groups excluding carboxylic acids is 1. The second-order valence-corrected chi connectivity index (χ2v) is 6.65. The Morgan fingerprint density at radius 2 is 2.05 bits per heavy atom. The summed E-state index contributed by atoms with van der Waals surface area (Å²) in [6.07, 6.45) is 0.807. The predicted molar refractivity (Wildman–Crippen MR) is 79.3 cm³/mol. The number of rotatable bonds is 5. The third-order valence-electron chi connectivity index (χ3n) is 2.67. The molecule has 1 aromatic carbocycles. The standard InChI is InChI=1S/C12H17BrN2O4S/c1-4-5-15(2)12(16)8-6-9(13)11(19-3)10(7-8)20(14,17)18/h6-7H,4-5H2,1-3H3,(H2,14,17,18). The Morgan fingerprint density at radius 1 is 1.45 bits per heavy atom. The molecular weight excluding hydrogens is 348 g/mol. The topological polar surface area (TPSA) is 89.7 Å². The smallest absolute Gasteiger partial charge is 0.253 e. The number of halogens is 1. The first-order valence-corrected chi connectivity index (χ1v) is 8.22. The van der Waals surface area contributed by atoms with Gasteiger partial charge in [-0.2, -0.15) is 0 Å². The van der Waals surface area contributed by atoms with Crippen LogP contribution < -0.4 is 9.88 Å². The average molecular weight is 365 g/mol. The van der Waals surface area contributed by atoms with E-state index < -0.39 is 10.0 Å². The van der Waals surface area contributed by atoms with Crippen LogP contribution in [0.5, 0.6) is 5.75 Å². The first kappa shape index (κ1) is 16.9. The second-order valence-electron chi connectivity index (χ2n) is 4.26. The van der Waals surface area contributed by atoms with Crippen molar-refractivity contribution in [1.29, 1.82) is 0 Å². The van der Waals surface area contributed by atoms with Crippen molar-refractivity contribution in [3.63, 3.8) is 0 Å². The van der Waals surface area contributed by atoms with Crippen molar-refractivity contribution in [2.45, 2.75) is 18.2 Å². The molecule has 0 atom stereocenters. The number of hydrogen-bond donors (Lipinski definition) is 1. The lowest BCUT2D eigenvalue weighted by Gasteiger charge is -2.17. The van der Waals surface area contributed by atoms with E-state index in [4.69, 9.17) is 9.88 Å². The molecule has 1 amide bonds. The lowest BCUT2D eigenvalue weighted by Crippen LogP contribution is -2.27. The molecule has 0 aliphatic rings. The molecular formula is C12H17BrN2O4S. The molecule has 8 heteroatoms. The number of sulfonamides is 1. The summed E-state index contributed by atoms with van der Waals surface area (Å²) in [6.45, 7) is 2.52. The van der Waals surface area contributed by atoms with E-state index >= 15 is 0 Å². The summed E-state index contributed by atoms with van der Waals surface area (Å²) >= 11 is 3.19. The van der Waals surface area contributed by atoms with E-state index in [1.165, 1.54) is 24.1 Å². The van der Waals surface area contributed by atoms with Gasteiger partial charge in [-0.05, 0) is 34.5 Å². The molecule has 0 saturated carbocycles. The molecule has 1 aromatic rings. The van der Waals surface area contributed by atoms with Gasteiger partial charge in [-0.1, -0.05) is 6.92 Å². The lowest BCUT2D eigenvalue weighted by atomic mass is 10.2. The van der Waals surface area contributed by atoms with Crippen molar-refractivity contribution in [2.24, 2.45) is 5.14 Å². The molecule has 0 heterocycles. The SMILES string of the molecule is CCCN(C)C(=O)c1cc(Br)c(OC)c(S(N)(=O)=O)c1. The molecule has 1 rings (SSSR count). The molecule has 0 radical (unpaired) electrons. The maximum Gasteiger partial charge on any atom is 0.253 e. The molecule has 2 N–H and O–H groups in total. The number of methoxy groups -OCH3 is 1. The molecule has 0 fully saturated rings. The van der Waals surface area contributed by atoms with Gasteiger partial charge in [0.2, 0.25) is 10.0 Å². The zero-order chi connectivity index (χ0) is 15.5. The monoisotopic (exact) mass is 364 g/mol. The number of carbonyl (C=O) groups is 1. The zero-order valence-electron chi connectivity index (χ0n) is 11.5. The van der Waals surface area contributed by atoms with Gasteiger partial charge in [0.25, 0.3) is 5.91 Å². The summed E-state index contributed by atoms with van der Waals surface area (Å²) in [7, 11) is -1.00. The number of nitrogens with two attached hydrogens (primary N) is 1. The van der Waals surface area contributed by atoms with E-state index in [2.05, 4.69) is 15.9 Å². The minimum Gasteiger partial charge on any atom is -0.494 e. The molecule has 0 aromatic heterocycles. The van der Waals surface area contributed by atoms with Crippen molar-refractivity contribution in [2.75, 3.05) is 20.7 Å². The highest BCUT2D eigenvalue weighted by atomic mass is 79.9. The van der Waals surface area contributed by atoms with E-state index in [0.29, 0.717) is 11.0 Å². The summed E-state index contributed by atoms with van der Waals surface area (Å²) in [5, 5.41) is 5.15. The highest BCUT2D eigenvalue weighted by Gasteiger charge is 2.22. The van der Waals surface area contributed by atoms with Crippen molar-refractivity contribution in [3.05, 3.63) is 22.2 Å². The van der Waals surface area contributed by atoms with E-state index in [-0.39, 0.29) is 22.1 Å². The molecule has 0 unspecified atom stereocenters. The number of nitrogens with zero attached hydrogens (tertiary/aromatic N) is 1. The van der Waals surface area contributed by atoms with Gasteiger partial charge >= 0.3 is 0 Å². The van der Waals surface area contributed by atoms with Gasteiger partial charge in [-0.3, -0.25) is 4.79 Å². The van der Waals surface area contributed by atoms with Crippen LogP contribution >= 0.6 is 15.9 Å². The zero-order valence-corrected chi connectivity index (χ0v) is 13.9. The Hall–Kier alpha value is -1.12. The van der Waals surface area contributed by atoms with Crippen LogP contribution in [-0.2, 0) is 10.0 Å². The third kappa shape index (κ3) is 3.71. The normalized spacial score (nSPS) is 11.2. The Labute approximate surface area is 127 Å². The minimum atomic E-state index is -3.99. The van der Waals surface area contributed by atoms with Crippen molar-refractivity contribution in [3.8, 4) is 5.75 Å². The van der Waals surface area contributed by atoms with Gasteiger partial charge < -0.3 is 9.64 Å². The van der Waals surface area contributed by atoms with E-state index in [1.54, 1.807) is 7.05 Å². The van der Waals surface area contributed by atoms with E-state index in [0.717, 1.165) is 6.42 Å². The summed E-state index contributed by atoms with van der Waals surface area (Å²) in [6, 6.07) is 2.75. The second kappa shape index (κ2) is 6.55. The van der Waals surface area contributed by atoms with Gasteiger partial charge in [0.15, 0.2) is 5.75 Å². The summed E-state index contributed by atoms with van der Waals surface area (Å²) in [5.74, 6) is -0.192. The van der Waals surface area contributed by atoms with Crippen LogP contribution in [0.25, 0.3) is 0 Å². The largest absolute Gasteiger partial charge is 0.494 e. The Balaban J connectivity index is 3.39. The van der Waals surface area contributed by atoms with Crippen LogP contribution in [-0.4, -0.2) is 39.9 Å². The molecule has 0 aliphatic carbocycles. The van der Waals surface area contributed by atoms with Gasteiger partial charge in [-0.15, -0.1) is 0 Å². The number of hydrogen-bond acceptors (Lipinski definition) is 4. The molecule has 0 spiro atoms. The molecule has 112 valence electrons. The quantitative estimate of drug-likeness (QED) is 0.858. The van der Waals surface area contributed by atoms with E-state index in [9.17, 15) is 13.2 Å². The van der Waals surface area contributed by atoms with Gasteiger partial charge in [0.1, 0.15) is 4.90 Å². The molecule has 0 aliphatic heterocycles. The fraction of sp³-hybridized carbons (Fsp3) is 0.417. The summed E-state index contributed by atoms with van der Waals surface area (Å²) < 4.78 is 28.5. The number of benzene rings is 1.